The van der Waals surface area contributed by atoms with E-state index in [2.05, 4.69) is 5.32 Å². The number of hydrogen-bond acceptors (Lipinski definition) is 2. The van der Waals surface area contributed by atoms with E-state index in [0.717, 1.165) is 29.5 Å². The van der Waals surface area contributed by atoms with Gasteiger partial charge in [0.1, 0.15) is 0 Å². The number of carboxylic acids is 1. The molecule has 0 aliphatic heterocycles. The molecule has 6 heteroatoms. The van der Waals surface area contributed by atoms with Crippen molar-refractivity contribution in [2.24, 2.45) is 0 Å². The zero-order chi connectivity index (χ0) is 16.6. The van der Waals surface area contributed by atoms with Gasteiger partial charge in [0.2, 0.25) is 0 Å². The SMILES string of the molecule is CNC1CCC(c2ccc(Cl)c(Cl)c2)c2cc(C(=O)O)ccc21.Cl. The molecule has 3 nitrogen and oxygen atoms in total. The summed E-state index contributed by atoms with van der Waals surface area (Å²) in [5.74, 6) is -0.782. The summed E-state index contributed by atoms with van der Waals surface area (Å²) in [5, 5.41) is 13.6. The highest BCUT2D eigenvalue weighted by Gasteiger charge is 2.28. The molecular formula is C18H18Cl3NO2. The maximum atomic E-state index is 11.3. The van der Waals surface area contributed by atoms with Gasteiger partial charge in [-0.15, -0.1) is 12.4 Å². The summed E-state index contributed by atoms with van der Waals surface area (Å²) in [5.41, 5.74) is 3.58. The van der Waals surface area contributed by atoms with E-state index in [9.17, 15) is 9.90 Å². The number of rotatable bonds is 3. The lowest BCUT2D eigenvalue weighted by Crippen LogP contribution is -2.24. The van der Waals surface area contributed by atoms with Gasteiger partial charge in [0.05, 0.1) is 15.6 Å². The second-order valence-corrected chi connectivity index (χ2v) is 6.61. The Labute approximate surface area is 157 Å². The minimum Gasteiger partial charge on any atom is -0.478 e. The molecule has 2 aromatic carbocycles. The molecule has 24 heavy (non-hydrogen) atoms. The Morgan fingerprint density at radius 1 is 1.08 bits per heavy atom. The van der Waals surface area contributed by atoms with Crippen molar-refractivity contribution in [1.82, 2.24) is 5.32 Å². The molecular weight excluding hydrogens is 369 g/mol. The van der Waals surface area contributed by atoms with E-state index in [1.165, 1.54) is 0 Å². The Morgan fingerprint density at radius 3 is 2.46 bits per heavy atom. The summed E-state index contributed by atoms with van der Waals surface area (Å²) in [4.78, 5) is 11.3. The lowest BCUT2D eigenvalue weighted by Gasteiger charge is -2.32. The first-order valence-corrected chi connectivity index (χ1v) is 8.26. The van der Waals surface area contributed by atoms with E-state index in [0.29, 0.717) is 15.6 Å². The van der Waals surface area contributed by atoms with Gasteiger partial charge in [-0.2, -0.15) is 0 Å². The molecule has 1 aliphatic carbocycles. The van der Waals surface area contributed by atoms with Crippen LogP contribution < -0.4 is 5.32 Å². The first-order chi connectivity index (χ1) is 11.0. The summed E-state index contributed by atoms with van der Waals surface area (Å²) >= 11 is 12.2. The van der Waals surface area contributed by atoms with E-state index >= 15 is 0 Å². The van der Waals surface area contributed by atoms with Gasteiger partial charge in [0.25, 0.3) is 0 Å². The lowest BCUT2D eigenvalue weighted by molar-refractivity contribution is 0.0696. The number of carbonyl (C=O) groups is 1. The molecule has 1 aliphatic rings. The first kappa shape index (κ1) is 19.1. The van der Waals surface area contributed by atoms with Crippen LogP contribution in [0.3, 0.4) is 0 Å². The van der Waals surface area contributed by atoms with E-state index < -0.39 is 5.97 Å². The van der Waals surface area contributed by atoms with Crippen LogP contribution in [0.4, 0.5) is 0 Å². The van der Waals surface area contributed by atoms with E-state index in [4.69, 9.17) is 23.2 Å². The van der Waals surface area contributed by atoms with Gasteiger partial charge in [-0.3, -0.25) is 0 Å². The average Bonchev–Trinajstić information content (AvgIpc) is 2.55. The van der Waals surface area contributed by atoms with E-state index in [-0.39, 0.29) is 24.4 Å². The maximum absolute atomic E-state index is 11.3. The predicted molar refractivity (Wildman–Crippen MR) is 100.0 cm³/mol. The zero-order valence-electron chi connectivity index (χ0n) is 13.1. The third-order valence-electron chi connectivity index (χ3n) is 4.52. The van der Waals surface area contributed by atoms with Crippen LogP contribution in [0.5, 0.6) is 0 Å². The molecule has 2 atom stereocenters. The molecule has 0 fully saturated rings. The highest BCUT2D eigenvalue weighted by atomic mass is 35.5. The molecule has 3 rings (SSSR count). The van der Waals surface area contributed by atoms with Gasteiger partial charge in [-0.1, -0.05) is 35.3 Å². The minimum atomic E-state index is -0.910. The number of benzene rings is 2. The molecule has 128 valence electrons. The normalized spacial score (nSPS) is 19.3. The Balaban J connectivity index is 0.00000208. The number of fused-ring (bicyclic) bond motifs is 1. The van der Waals surface area contributed by atoms with Gasteiger partial charge in [0, 0.05) is 12.0 Å². The van der Waals surface area contributed by atoms with Crippen LogP contribution in [0.1, 0.15) is 51.8 Å². The Kier molecular flexibility index (Phi) is 6.16. The minimum absolute atomic E-state index is 0. The quantitative estimate of drug-likeness (QED) is 0.752. The van der Waals surface area contributed by atoms with E-state index in [1.54, 1.807) is 18.2 Å². The van der Waals surface area contributed by atoms with Gasteiger partial charge in [-0.05, 0) is 60.8 Å². The van der Waals surface area contributed by atoms with Crippen LogP contribution in [0.15, 0.2) is 36.4 Å². The van der Waals surface area contributed by atoms with Gasteiger partial charge in [0.15, 0.2) is 0 Å². The molecule has 2 unspecified atom stereocenters. The van der Waals surface area contributed by atoms with Gasteiger partial charge >= 0.3 is 5.97 Å². The van der Waals surface area contributed by atoms with Gasteiger partial charge in [-0.25, -0.2) is 4.79 Å². The lowest BCUT2D eigenvalue weighted by atomic mass is 9.76. The topological polar surface area (TPSA) is 49.3 Å². The molecule has 0 spiro atoms. The summed E-state index contributed by atoms with van der Waals surface area (Å²) < 4.78 is 0. The molecule has 0 heterocycles. The second kappa shape index (κ2) is 7.75. The van der Waals surface area contributed by atoms with Crippen molar-refractivity contribution in [2.45, 2.75) is 24.8 Å². The largest absolute Gasteiger partial charge is 0.478 e. The van der Waals surface area contributed by atoms with Crippen LogP contribution in [0.25, 0.3) is 0 Å². The molecule has 0 bridgehead atoms. The van der Waals surface area contributed by atoms with Crippen molar-refractivity contribution in [3.05, 3.63) is 68.7 Å². The maximum Gasteiger partial charge on any atom is 0.335 e. The van der Waals surface area contributed by atoms with Crippen LogP contribution in [0.2, 0.25) is 10.0 Å². The number of carboxylic acid groups (broad SMARTS) is 1. The van der Waals surface area contributed by atoms with Crippen LogP contribution in [0, 0.1) is 0 Å². The molecule has 0 amide bonds. The highest BCUT2D eigenvalue weighted by molar-refractivity contribution is 6.42. The number of hydrogen-bond donors (Lipinski definition) is 2. The molecule has 0 saturated carbocycles. The first-order valence-electron chi connectivity index (χ1n) is 7.50. The van der Waals surface area contributed by atoms with Crippen molar-refractivity contribution in [3.63, 3.8) is 0 Å². The molecule has 0 saturated heterocycles. The number of halogens is 3. The Hall–Kier alpha value is -1.26. The average molecular weight is 387 g/mol. The molecule has 2 N–H and O–H groups in total. The summed E-state index contributed by atoms with van der Waals surface area (Å²) in [6.45, 7) is 0. The molecule has 0 aromatic heterocycles. The Bertz CT molecular complexity index is 764. The number of aromatic carboxylic acids is 1. The summed E-state index contributed by atoms with van der Waals surface area (Å²) in [6.07, 6.45) is 1.92. The number of nitrogens with one attached hydrogen (secondary N) is 1. The fraction of sp³-hybridized carbons (Fsp3) is 0.278. The van der Waals surface area contributed by atoms with Crippen molar-refractivity contribution >= 4 is 41.6 Å². The zero-order valence-corrected chi connectivity index (χ0v) is 15.4. The fourth-order valence-electron chi connectivity index (χ4n) is 3.35. The van der Waals surface area contributed by atoms with Crippen LogP contribution >= 0.6 is 35.6 Å². The highest BCUT2D eigenvalue weighted by Crippen LogP contribution is 2.42. The monoisotopic (exact) mass is 385 g/mol. The van der Waals surface area contributed by atoms with Crippen molar-refractivity contribution in [1.29, 1.82) is 0 Å². The summed E-state index contributed by atoms with van der Waals surface area (Å²) in [7, 11) is 1.93. The third-order valence-corrected chi connectivity index (χ3v) is 5.26. The van der Waals surface area contributed by atoms with Crippen molar-refractivity contribution in [3.8, 4) is 0 Å². The third kappa shape index (κ3) is 3.55. The predicted octanol–water partition coefficient (Wildman–Crippen LogP) is 5.30. The Morgan fingerprint density at radius 2 is 1.83 bits per heavy atom. The van der Waals surface area contributed by atoms with Crippen LogP contribution in [-0.2, 0) is 0 Å². The van der Waals surface area contributed by atoms with Crippen LogP contribution in [-0.4, -0.2) is 18.1 Å². The second-order valence-electron chi connectivity index (χ2n) is 5.79. The van der Waals surface area contributed by atoms with Gasteiger partial charge < -0.3 is 10.4 Å². The van der Waals surface area contributed by atoms with Crippen molar-refractivity contribution < 1.29 is 9.90 Å². The van der Waals surface area contributed by atoms with E-state index in [1.807, 2.05) is 25.2 Å². The standard InChI is InChI=1S/C18H17Cl2NO2.ClH/c1-21-17-7-5-12(10-3-6-15(19)16(20)9-10)14-8-11(18(22)23)2-4-13(14)17;/h2-4,6,8-9,12,17,21H,5,7H2,1H3,(H,22,23);1H. The molecule has 0 radical (unpaired) electrons. The summed E-state index contributed by atoms with van der Waals surface area (Å²) in [6, 6.07) is 11.3. The fourth-order valence-corrected chi connectivity index (χ4v) is 3.65. The van der Waals surface area contributed by atoms with Crippen molar-refractivity contribution in [2.75, 3.05) is 7.05 Å². The smallest absolute Gasteiger partial charge is 0.335 e. The molecule has 2 aromatic rings.